The molecule has 0 amide bonds. The Labute approximate surface area is 122 Å². The van der Waals surface area contributed by atoms with Crippen molar-refractivity contribution >= 4 is 0 Å². The van der Waals surface area contributed by atoms with Gasteiger partial charge >= 0.3 is 0 Å². The number of aryl methyl sites for hydroxylation is 1. The van der Waals surface area contributed by atoms with Crippen LogP contribution in [0.5, 0.6) is 0 Å². The van der Waals surface area contributed by atoms with Gasteiger partial charge in [-0.15, -0.1) is 0 Å². The summed E-state index contributed by atoms with van der Waals surface area (Å²) in [7, 11) is 0. The highest BCUT2D eigenvalue weighted by atomic mass is 16.3. The first-order valence-electron chi connectivity index (χ1n) is 8.13. The van der Waals surface area contributed by atoms with E-state index in [-0.39, 0.29) is 5.54 Å². The Morgan fingerprint density at radius 1 is 1.30 bits per heavy atom. The molecular formula is C16H29N3O. The van der Waals surface area contributed by atoms with E-state index < -0.39 is 6.10 Å². The molecule has 0 bridgehead atoms. The second-order valence-corrected chi connectivity index (χ2v) is 5.86. The van der Waals surface area contributed by atoms with Crippen molar-refractivity contribution in [2.75, 3.05) is 13.1 Å². The van der Waals surface area contributed by atoms with Crippen LogP contribution >= 0.6 is 0 Å². The average molecular weight is 279 g/mol. The Bertz CT molecular complexity index is 406. The largest absolute Gasteiger partial charge is 0.383 e. The number of nitrogens with zero attached hydrogens (tertiary/aromatic N) is 3. The molecule has 0 radical (unpaired) electrons. The van der Waals surface area contributed by atoms with Crippen molar-refractivity contribution in [2.45, 2.75) is 71.1 Å². The van der Waals surface area contributed by atoms with E-state index in [4.69, 9.17) is 0 Å². The number of hydrogen-bond donors (Lipinski definition) is 1. The van der Waals surface area contributed by atoms with E-state index in [1.54, 1.807) is 0 Å². The van der Waals surface area contributed by atoms with Gasteiger partial charge in [0, 0.05) is 18.9 Å². The molecule has 114 valence electrons. The molecular weight excluding hydrogens is 250 g/mol. The summed E-state index contributed by atoms with van der Waals surface area (Å²) in [6.07, 6.45) is 8.97. The quantitative estimate of drug-likeness (QED) is 0.834. The molecule has 4 nitrogen and oxygen atoms in total. The fourth-order valence-corrected chi connectivity index (χ4v) is 3.84. The first-order chi connectivity index (χ1) is 9.69. The van der Waals surface area contributed by atoms with Crippen LogP contribution in [0.3, 0.4) is 0 Å². The minimum absolute atomic E-state index is 0.111. The van der Waals surface area contributed by atoms with Crippen LogP contribution in [0, 0.1) is 0 Å². The van der Waals surface area contributed by atoms with E-state index in [1.807, 2.05) is 12.4 Å². The van der Waals surface area contributed by atoms with Crippen molar-refractivity contribution < 1.29 is 5.11 Å². The molecule has 0 aliphatic heterocycles. The van der Waals surface area contributed by atoms with Crippen molar-refractivity contribution in [1.82, 2.24) is 14.5 Å². The first-order valence-corrected chi connectivity index (χ1v) is 8.13. The third-order valence-electron chi connectivity index (χ3n) is 4.83. The number of aliphatic hydroxyl groups is 1. The van der Waals surface area contributed by atoms with Crippen LogP contribution in [0.25, 0.3) is 0 Å². The topological polar surface area (TPSA) is 41.3 Å². The third kappa shape index (κ3) is 2.63. The molecule has 1 unspecified atom stereocenters. The Morgan fingerprint density at radius 3 is 2.50 bits per heavy atom. The summed E-state index contributed by atoms with van der Waals surface area (Å²) in [5.74, 6) is 0.848. The highest BCUT2D eigenvalue weighted by molar-refractivity contribution is 5.10. The van der Waals surface area contributed by atoms with E-state index in [1.165, 1.54) is 12.8 Å². The van der Waals surface area contributed by atoms with Crippen LogP contribution in [0.2, 0.25) is 0 Å². The van der Waals surface area contributed by atoms with Gasteiger partial charge in [-0.05, 0) is 32.4 Å². The van der Waals surface area contributed by atoms with Crippen LogP contribution in [-0.4, -0.2) is 38.2 Å². The SMILES string of the molecule is CCCn1ccnc1C(O)C1(N(CC)CC)CCCC1. The molecule has 1 N–H and O–H groups in total. The smallest absolute Gasteiger partial charge is 0.139 e. The summed E-state index contributed by atoms with van der Waals surface area (Å²) in [6, 6.07) is 0. The molecule has 1 atom stereocenters. The second-order valence-electron chi connectivity index (χ2n) is 5.86. The molecule has 1 aromatic rings. The van der Waals surface area contributed by atoms with E-state index in [2.05, 4.69) is 35.2 Å². The zero-order valence-corrected chi connectivity index (χ0v) is 13.2. The zero-order valence-electron chi connectivity index (χ0n) is 13.2. The van der Waals surface area contributed by atoms with Gasteiger partial charge in [-0.2, -0.15) is 0 Å². The lowest BCUT2D eigenvalue weighted by atomic mass is 9.87. The van der Waals surface area contributed by atoms with Crippen molar-refractivity contribution in [3.63, 3.8) is 0 Å². The normalized spacial score (nSPS) is 19.6. The minimum atomic E-state index is -0.480. The van der Waals surface area contributed by atoms with Gasteiger partial charge in [0.05, 0.1) is 5.54 Å². The Morgan fingerprint density at radius 2 is 1.95 bits per heavy atom. The molecule has 1 heterocycles. The number of likely N-dealkylation sites (N-methyl/N-ethyl adjacent to an activating group) is 1. The molecule has 1 saturated carbocycles. The minimum Gasteiger partial charge on any atom is -0.383 e. The summed E-state index contributed by atoms with van der Waals surface area (Å²) >= 11 is 0. The van der Waals surface area contributed by atoms with Crippen LogP contribution < -0.4 is 0 Å². The number of hydrogen-bond acceptors (Lipinski definition) is 3. The van der Waals surface area contributed by atoms with Crippen molar-refractivity contribution in [1.29, 1.82) is 0 Å². The molecule has 20 heavy (non-hydrogen) atoms. The fraction of sp³-hybridized carbons (Fsp3) is 0.812. The summed E-state index contributed by atoms with van der Waals surface area (Å²) in [4.78, 5) is 6.90. The monoisotopic (exact) mass is 279 g/mol. The van der Waals surface area contributed by atoms with E-state index in [9.17, 15) is 5.11 Å². The Kier molecular flexibility index (Phi) is 5.22. The van der Waals surface area contributed by atoms with Gasteiger partial charge in [0.15, 0.2) is 0 Å². The van der Waals surface area contributed by atoms with Gasteiger partial charge in [-0.3, -0.25) is 4.90 Å². The Hall–Kier alpha value is -0.870. The summed E-state index contributed by atoms with van der Waals surface area (Å²) < 4.78 is 2.12. The van der Waals surface area contributed by atoms with Gasteiger partial charge < -0.3 is 9.67 Å². The van der Waals surface area contributed by atoms with Gasteiger partial charge in [0.2, 0.25) is 0 Å². The van der Waals surface area contributed by atoms with Crippen LogP contribution in [0.4, 0.5) is 0 Å². The summed E-state index contributed by atoms with van der Waals surface area (Å²) in [5.41, 5.74) is -0.111. The number of rotatable bonds is 7. The standard InChI is InChI=1S/C16H29N3O/c1-4-12-18-13-11-17-15(18)14(20)16(9-7-8-10-16)19(5-2)6-3/h11,13-14,20H,4-10,12H2,1-3H3. The van der Waals surface area contributed by atoms with Gasteiger partial charge in [-0.25, -0.2) is 4.98 Å². The number of imidazole rings is 1. The van der Waals surface area contributed by atoms with Crippen LogP contribution in [0.15, 0.2) is 12.4 Å². The lowest BCUT2D eigenvalue weighted by Crippen LogP contribution is -2.51. The molecule has 0 aromatic carbocycles. The molecule has 1 aromatic heterocycles. The lowest BCUT2D eigenvalue weighted by Gasteiger charge is -2.43. The van der Waals surface area contributed by atoms with Crippen LogP contribution in [-0.2, 0) is 6.54 Å². The maximum absolute atomic E-state index is 11.1. The van der Waals surface area contributed by atoms with E-state index in [0.717, 1.165) is 44.7 Å². The van der Waals surface area contributed by atoms with Crippen molar-refractivity contribution in [3.8, 4) is 0 Å². The van der Waals surface area contributed by atoms with Gasteiger partial charge in [0.1, 0.15) is 11.9 Å². The lowest BCUT2D eigenvalue weighted by molar-refractivity contribution is -0.0331. The zero-order chi connectivity index (χ0) is 14.6. The van der Waals surface area contributed by atoms with E-state index >= 15 is 0 Å². The second kappa shape index (κ2) is 6.72. The van der Waals surface area contributed by atoms with Gasteiger partial charge in [0.25, 0.3) is 0 Å². The first kappa shape index (κ1) is 15.5. The van der Waals surface area contributed by atoms with Crippen molar-refractivity contribution in [3.05, 3.63) is 18.2 Å². The highest BCUT2D eigenvalue weighted by Gasteiger charge is 2.46. The summed E-state index contributed by atoms with van der Waals surface area (Å²) in [5, 5.41) is 11.1. The fourth-order valence-electron chi connectivity index (χ4n) is 3.84. The maximum Gasteiger partial charge on any atom is 0.139 e. The van der Waals surface area contributed by atoms with Crippen molar-refractivity contribution in [2.24, 2.45) is 0 Å². The number of aromatic nitrogens is 2. The predicted molar refractivity (Wildman–Crippen MR) is 81.6 cm³/mol. The third-order valence-corrected chi connectivity index (χ3v) is 4.83. The maximum atomic E-state index is 11.1. The molecule has 4 heteroatoms. The average Bonchev–Trinajstić information content (AvgIpc) is 3.10. The molecule has 1 fully saturated rings. The number of aliphatic hydroxyl groups excluding tert-OH is 1. The molecule has 0 spiro atoms. The molecule has 0 saturated heterocycles. The molecule has 2 rings (SSSR count). The molecule has 1 aliphatic rings. The van der Waals surface area contributed by atoms with Gasteiger partial charge in [-0.1, -0.05) is 33.6 Å². The Balaban J connectivity index is 2.31. The highest BCUT2D eigenvalue weighted by Crippen LogP contribution is 2.44. The molecule has 1 aliphatic carbocycles. The van der Waals surface area contributed by atoms with E-state index in [0.29, 0.717) is 0 Å². The predicted octanol–water partition coefficient (Wildman–Crippen LogP) is 2.98. The van der Waals surface area contributed by atoms with Crippen LogP contribution in [0.1, 0.15) is 64.8 Å². The summed E-state index contributed by atoms with van der Waals surface area (Å²) in [6.45, 7) is 9.44.